The molecule has 1 heterocycles. The van der Waals surface area contributed by atoms with Crippen molar-refractivity contribution < 1.29 is 0 Å². The highest BCUT2D eigenvalue weighted by Crippen LogP contribution is 2.44. The fourth-order valence-corrected chi connectivity index (χ4v) is 6.59. The summed E-state index contributed by atoms with van der Waals surface area (Å²) in [5, 5.41) is 3.13. The van der Waals surface area contributed by atoms with Crippen LogP contribution in [0.15, 0.2) is 152 Å². The molecule has 0 bridgehead atoms. The molecular formula is C40H25B3N2. The first-order chi connectivity index (χ1) is 22.0. The molecule has 0 spiro atoms. The largest absolute Gasteiger partial charge is 0.298 e. The SMILES string of the molecule is [B]C([B])([B])c1nc2ccccc2n1-c1cccc(-c2c3ccccc3c(-c3ccc(-c4ccccc4)cc3)c3ccccc23)c1. The van der Waals surface area contributed by atoms with Gasteiger partial charge in [-0.15, -0.1) is 0 Å². The molecule has 6 radical (unpaired) electrons. The predicted molar refractivity (Wildman–Crippen MR) is 191 cm³/mol. The molecular weight excluding hydrogens is 541 g/mol. The van der Waals surface area contributed by atoms with E-state index in [2.05, 4.69) is 115 Å². The van der Waals surface area contributed by atoms with Gasteiger partial charge in [0.2, 0.25) is 0 Å². The smallest absolute Gasteiger partial charge is 0.0951 e. The van der Waals surface area contributed by atoms with Gasteiger partial charge >= 0.3 is 0 Å². The summed E-state index contributed by atoms with van der Waals surface area (Å²) in [5.74, 6) is 0.393. The van der Waals surface area contributed by atoms with E-state index in [1.54, 1.807) is 0 Å². The Morgan fingerprint density at radius 1 is 0.444 bits per heavy atom. The molecule has 0 N–H and O–H groups in total. The van der Waals surface area contributed by atoms with Gasteiger partial charge in [0, 0.05) is 5.69 Å². The minimum atomic E-state index is -1.62. The van der Waals surface area contributed by atoms with Gasteiger partial charge in [-0.3, -0.25) is 4.57 Å². The number of nitrogens with zero attached hydrogens (tertiary/aromatic N) is 2. The minimum absolute atomic E-state index is 0.393. The Morgan fingerprint density at radius 2 is 0.933 bits per heavy atom. The van der Waals surface area contributed by atoms with Crippen molar-refractivity contribution in [3.8, 4) is 39.1 Å². The Labute approximate surface area is 266 Å². The molecule has 2 nitrogen and oxygen atoms in total. The summed E-state index contributed by atoms with van der Waals surface area (Å²) in [5.41, 5.74) is 9.61. The van der Waals surface area contributed by atoms with Gasteiger partial charge in [0.05, 0.1) is 40.4 Å². The molecule has 1 aromatic heterocycles. The maximum atomic E-state index is 6.24. The van der Waals surface area contributed by atoms with Crippen molar-refractivity contribution in [1.29, 1.82) is 0 Å². The van der Waals surface area contributed by atoms with E-state index in [9.17, 15) is 0 Å². The fourth-order valence-electron chi connectivity index (χ4n) is 6.59. The second-order valence-corrected chi connectivity index (χ2v) is 11.5. The minimum Gasteiger partial charge on any atom is -0.298 e. The monoisotopic (exact) mass is 566 g/mol. The summed E-state index contributed by atoms with van der Waals surface area (Å²) in [4.78, 5) is 4.72. The highest BCUT2D eigenvalue weighted by atomic mass is 15.1. The molecule has 5 heteroatoms. The third kappa shape index (κ3) is 4.67. The lowest BCUT2D eigenvalue weighted by Crippen LogP contribution is -2.31. The van der Waals surface area contributed by atoms with Crippen LogP contribution >= 0.6 is 0 Å². The summed E-state index contributed by atoms with van der Waals surface area (Å²) in [6.45, 7) is 0. The third-order valence-electron chi connectivity index (χ3n) is 8.55. The number of aromatic nitrogens is 2. The molecule has 8 aromatic rings. The molecule has 0 aliphatic carbocycles. The summed E-state index contributed by atoms with van der Waals surface area (Å²) in [6.07, 6.45) is 0. The van der Waals surface area contributed by atoms with Crippen LogP contribution in [0, 0.1) is 0 Å². The van der Waals surface area contributed by atoms with Gasteiger partial charge < -0.3 is 0 Å². The molecule has 0 amide bonds. The summed E-state index contributed by atoms with van der Waals surface area (Å²) in [7, 11) is 18.7. The van der Waals surface area contributed by atoms with Crippen molar-refractivity contribution in [3.63, 3.8) is 0 Å². The third-order valence-corrected chi connectivity index (χ3v) is 8.55. The predicted octanol–water partition coefficient (Wildman–Crippen LogP) is 8.95. The van der Waals surface area contributed by atoms with E-state index in [0.29, 0.717) is 5.82 Å². The highest BCUT2D eigenvalue weighted by molar-refractivity contribution is 6.58. The molecule has 0 aliphatic rings. The van der Waals surface area contributed by atoms with E-state index in [-0.39, 0.29) is 0 Å². The Bertz CT molecular complexity index is 2290. The molecule has 7 aromatic carbocycles. The Balaban J connectivity index is 1.36. The molecule has 0 unspecified atom stereocenters. The van der Waals surface area contributed by atoms with Gasteiger partial charge in [-0.25, -0.2) is 4.98 Å². The van der Waals surface area contributed by atoms with E-state index < -0.39 is 5.11 Å². The van der Waals surface area contributed by atoms with Crippen LogP contribution in [0.3, 0.4) is 0 Å². The quantitative estimate of drug-likeness (QED) is 0.150. The number of para-hydroxylation sites is 2. The van der Waals surface area contributed by atoms with Crippen LogP contribution < -0.4 is 0 Å². The Kier molecular flexibility index (Phi) is 6.50. The zero-order chi connectivity index (χ0) is 30.5. The number of hydrogen-bond donors (Lipinski definition) is 0. The number of fused-ring (bicyclic) bond motifs is 3. The van der Waals surface area contributed by atoms with Crippen molar-refractivity contribution in [1.82, 2.24) is 9.55 Å². The topological polar surface area (TPSA) is 17.8 Å². The second kappa shape index (κ2) is 10.7. The van der Waals surface area contributed by atoms with Gasteiger partial charge in [-0.05, 0) is 79.2 Å². The molecule has 45 heavy (non-hydrogen) atoms. The maximum Gasteiger partial charge on any atom is 0.0951 e. The van der Waals surface area contributed by atoms with Crippen LogP contribution in [-0.2, 0) is 5.11 Å². The molecule has 8 rings (SSSR count). The average Bonchev–Trinajstić information content (AvgIpc) is 3.48. The first-order valence-electron chi connectivity index (χ1n) is 15.0. The molecule has 0 atom stereocenters. The van der Waals surface area contributed by atoms with Crippen LogP contribution in [0.5, 0.6) is 0 Å². The maximum absolute atomic E-state index is 6.24. The van der Waals surface area contributed by atoms with Crippen LogP contribution in [0.4, 0.5) is 0 Å². The molecule has 0 saturated heterocycles. The zero-order valence-electron chi connectivity index (χ0n) is 24.6. The van der Waals surface area contributed by atoms with Gasteiger partial charge in [0.1, 0.15) is 0 Å². The first kappa shape index (κ1) is 27.3. The summed E-state index contributed by atoms with van der Waals surface area (Å²) in [6, 6.07) is 53.0. The lowest BCUT2D eigenvalue weighted by Gasteiger charge is -2.22. The van der Waals surface area contributed by atoms with E-state index in [0.717, 1.165) is 27.8 Å². The van der Waals surface area contributed by atoms with Gasteiger partial charge in [-0.2, -0.15) is 0 Å². The van der Waals surface area contributed by atoms with E-state index in [4.69, 9.17) is 28.5 Å². The molecule has 0 fully saturated rings. The van der Waals surface area contributed by atoms with Crippen molar-refractivity contribution >= 4 is 56.1 Å². The zero-order valence-corrected chi connectivity index (χ0v) is 24.6. The summed E-state index contributed by atoms with van der Waals surface area (Å²) < 4.78 is 1.96. The normalized spacial score (nSPS) is 11.8. The fraction of sp³-hybridized carbons (Fsp3) is 0.0250. The molecule has 204 valence electrons. The summed E-state index contributed by atoms with van der Waals surface area (Å²) >= 11 is 0. The highest BCUT2D eigenvalue weighted by Gasteiger charge is 2.23. The molecule has 0 aliphatic heterocycles. The van der Waals surface area contributed by atoms with Crippen molar-refractivity contribution in [2.24, 2.45) is 0 Å². The number of benzene rings is 7. The van der Waals surface area contributed by atoms with Crippen molar-refractivity contribution in [2.45, 2.75) is 5.11 Å². The van der Waals surface area contributed by atoms with Crippen LogP contribution in [0.25, 0.3) is 71.6 Å². The van der Waals surface area contributed by atoms with E-state index >= 15 is 0 Å². The van der Waals surface area contributed by atoms with E-state index in [1.165, 1.54) is 43.8 Å². The standard InChI is InChI=1S/C40H25B3N2/c41-40(42,43)39-44-35-19-8-9-20-36(35)45(39)30-14-10-13-29(25-30)38-33-17-6-4-15-31(33)37(32-16-5-7-18-34(32)38)28-23-21-27(22-24-28)26-11-2-1-3-12-26/h1-25H. The number of imidazole rings is 1. The lowest BCUT2D eigenvalue weighted by molar-refractivity contribution is 0.930. The van der Waals surface area contributed by atoms with Crippen LogP contribution in [0.1, 0.15) is 5.82 Å². The average molecular weight is 566 g/mol. The van der Waals surface area contributed by atoms with Crippen LogP contribution in [-0.4, -0.2) is 33.1 Å². The Morgan fingerprint density at radius 3 is 1.56 bits per heavy atom. The van der Waals surface area contributed by atoms with Gasteiger partial charge in [0.25, 0.3) is 0 Å². The van der Waals surface area contributed by atoms with Gasteiger partial charge in [0.15, 0.2) is 0 Å². The van der Waals surface area contributed by atoms with Crippen LogP contribution in [0.2, 0.25) is 0 Å². The Hall–Kier alpha value is -5.28. The van der Waals surface area contributed by atoms with Crippen molar-refractivity contribution in [2.75, 3.05) is 0 Å². The lowest BCUT2D eigenvalue weighted by atomic mass is 9.42. The number of hydrogen-bond acceptors (Lipinski definition) is 1. The van der Waals surface area contributed by atoms with Crippen molar-refractivity contribution in [3.05, 3.63) is 157 Å². The second-order valence-electron chi connectivity index (χ2n) is 11.5. The molecule has 0 saturated carbocycles. The van der Waals surface area contributed by atoms with Gasteiger partial charge in [-0.1, -0.05) is 133 Å². The van der Waals surface area contributed by atoms with E-state index in [1.807, 2.05) is 41.0 Å². The number of rotatable bonds is 5. The first-order valence-corrected chi connectivity index (χ1v) is 15.0.